The van der Waals surface area contributed by atoms with Gasteiger partial charge < -0.3 is 4.98 Å². The zero-order valence-electron chi connectivity index (χ0n) is 6.75. The fraction of sp³-hybridized carbons (Fsp3) is 0.625. The molecule has 0 radical (unpaired) electrons. The van der Waals surface area contributed by atoms with Crippen molar-refractivity contribution in [3.8, 4) is 0 Å². The number of thiol groups is 1. The van der Waals surface area contributed by atoms with Crippen LogP contribution in [0, 0.1) is 0 Å². The molecule has 0 amide bonds. The number of imidazole rings is 1. The number of nitrogens with zero attached hydrogens (tertiary/aromatic N) is 1. The maximum absolute atomic E-state index is 4.40. The largest absolute Gasteiger partial charge is 0.349 e. The Hall–Kier alpha value is -0.440. The van der Waals surface area contributed by atoms with Crippen LogP contribution in [0.25, 0.3) is 0 Å². The topological polar surface area (TPSA) is 28.7 Å². The Morgan fingerprint density at radius 3 is 3.09 bits per heavy atom. The normalized spacial score (nSPS) is 13.3. The van der Waals surface area contributed by atoms with E-state index in [2.05, 4.69) is 29.5 Å². The van der Waals surface area contributed by atoms with Gasteiger partial charge in [-0.25, -0.2) is 4.98 Å². The first-order chi connectivity index (χ1) is 5.33. The number of H-pyrrole nitrogens is 1. The van der Waals surface area contributed by atoms with Crippen molar-refractivity contribution in [3.63, 3.8) is 0 Å². The highest BCUT2D eigenvalue weighted by Gasteiger charge is 2.00. The zero-order chi connectivity index (χ0) is 8.10. The second-order valence-electron chi connectivity index (χ2n) is 2.64. The second-order valence-corrected chi connectivity index (χ2v) is 3.37. The van der Waals surface area contributed by atoms with Crippen molar-refractivity contribution < 1.29 is 0 Å². The number of aryl methyl sites for hydroxylation is 1. The number of rotatable bonds is 4. The fourth-order valence-corrected chi connectivity index (χ4v) is 1.07. The van der Waals surface area contributed by atoms with E-state index in [1.165, 1.54) is 0 Å². The van der Waals surface area contributed by atoms with Gasteiger partial charge in [0.1, 0.15) is 5.82 Å². The molecular weight excluding hydrogens is 156 g/mol. The van der Waals surface area contributed by atoms with E-state index in [-0.39, 0.29) is 0 Å². The summed E-state index contributed by atoms with van der Waals surface area (Å²) in [5.41, 5.74) is 0. The van der Waals surface area contributed by atoms with Gasteiger partial charge in [-0.1, -0.05) is 6.92 Å². The van der Waals surface area contributed by atoms with E-state index in [0.717, 1.165) is 25.1 Å². The molecule has 0 fully saturated rings. The Balaban J connectivity index is 2.23. The molecule has 1 rings (SSSR count). The van der Waals surface area contributed by atoms with Crippen molar-refractivity contribution in [3.05, 3.63) is 18.2 Å². The molecule has 1 atom stereocenters. The Bertz CT molecular complexity index is 184. The third-order valence-corrected chi connectivity index (χ3v) is 2.36. The van der Waals surface area contributed by atoms with Gasteiger partial charge in [0, 0.05) is 24.1 Å². The van der Waals surface area contributed by atoms with Crippen LogP contribution in [0.5, 0.6) is 0 Å². The zero-order valence-corrected chi connectivity index (χ0v) is 7.64. The molecule has 1 unspecified atom stereocenters. The maximum atomic E-state index is 4.40. The molecule has 0 aliphatic rings. The molecule has 3 heteroatoms. The van der Waals surface area contributed by atoms with Gasteiger partial charge in [-0.15, -0.1) is 0 Å². The number of hydrogen-bond acceptors (Lipinski definition) is 2. The van der Waals surface area contributed by atoms with E-state index < -0.39 is 0 Å². The van der Waals surface area contributed by atoms with Gasteiger partial charge in [-0.2, -0.15) is 12.6 Å². The molecule has 1 aromatic rings. The average molecular weight is 170 g/mol. The van der Waals surface area contributed by atoms with Crippen molar-refractivity contribution in [2.24, 2.45) is 0 Å². The summed E-state index contributed by atoms with van der Waals surface area (Å²) in [5, 5.41) is 0.514. The van der Waals surface area contributed by atoms with Gasteiger partial charge in [0.2, 0.25) is 0 Å². The Morgan fingerprint density at radius 2 is 2.55 bits per heavy atom. The van der Waals surface area contributed by atoms with Gasteiger partial charge in [0.15, 0.2) is 0 Å². The summed E-state index contributed by atoms with van der Waals surface area (Å²) in [4.78, 5) is 7.20. The molecule has 11 heavy (non-hydrogen) atoms. The summed E-state index contributed by atoms with van der Waals surface area (Å²) in [6.45, 7) is 2.15. The quantitative estimate of drug-likeness (QED) is 0.665. The first-order valence-electron chi connectivity index (χ1n) is 3.99. The van der Waals surface area contributed by atoms with Crippen LogP contribution in [0.3, 0.4) is 0 Å². The minimum atomic E-state index is 0.514. The van der Waals surface area contributed by atoms with Gasteiger partial charge in [0.25, 0.3) is 0 Å². The van der Waals surface area contributed by atoms with Gasteiger partial charge in [-0.05, 0) is 12.8 Å². The minimum Gasteiger partial charge on any atom is -0.349 e. The summed E-state index contributed by atoms with van der Waals surface area (Å²) in [7, 11) is 0. The van der Waals surface area contributed by atoms with E-state index >= 15 is 0 Å². The molecule has 0 bridgehead atoms. The fourth-order valence-electron chi connectivity index (χ4n) is 0.942. The third kappa shape index (κ3) is 2.97. The lowest BCUT2D eigenvalue weighted by atomic mass is 10.2. The summed E-state index contributed by atoms with van der Waals surface area (Å²) in [6, 6.07) is 0. The summed E-state index contributed by atoms with van der Waals surface area (Å²) in [6.07, 6.45) is 6.88. The molecule has 1 aromatic heterocycles. The third-order valence-electron chi connectivity index (χ3n) is 1.74. The number of aromatic amines is 1. The predicted octanol–water partition coefficient (Wildman–Crippen LogP) is 2.05. The van der Waals surface area contributed by atoms with Crippen LogP contribution in [0.1, 0.15) is 25.6 Å². The van der Waals surface area contributed by atoms with Crippen LogP contribution in [-0.2, 0) is 6.42 Å². The lowest BCUT2D eigenvalue weighted by Crippen LogP contribution is -1.99. The average Bonchev–Trinajstić information content (AvgIpc) is 2.52. The molecule has 0 spiro atoms. The van der Waals surface area contributed by atoms with Gasteiger partial charge in [0.05, 0.1) is 0 Å². The minimum absolute atomic E-state index is 0.514. The highest BCUT2D eigenvalue weighted by Crippen LogP contribution is 2.08. The SMILES string of the molecule is CCC(S)CCc1ncc[nH]1. The highest BCUT2D eigenvalue weighted by atomic mass is 32.1. The molecular formula is C8H14N2S. The summed E-state index contributed by atoms with van der Waals surface area (Å²) in [5.74, 6) is 1.07. The van der Waals surface area contributed by atoms with Gasteiger partial charge in [-0.3, -0.25) is 0 Å². The first kappa shape index (κ1) is 8.65. The molecule has 0 aromatic carbocycles. The molecule has 0 saturated heterocycles. The Labute approximate surface area is 72.8 Å². The van der Waals surface area contributed by atoms with Crippen LogP contribution >= 0.6 is 12.6 Å². The standard InChI is InChI=1S/C8H14N2S/c1-2-7(11)3-4-8-9-5-6-10-8/h5-7,11H,2-4H2,1H3,(H,9,10). The van der Waals surface area contributed by atoms with Crippen LogP contribution in [0.2, 0.25) is 0 Å². The van der Waals surface area contributed by atoms with Crippen LogP contribution in [-0.4, -0.2) is 15.2 Å². The van der Waals surface area contributed by atoms with E-state index in [1.54, 1.807) is 6.20 Å². The van der Waals surface area contributed by atoms with Gasteiger partial charge >= 0.3 is 0 Å². The lowest BCUT2D eigenvalue weighted by molar-refractivity contribution is 0.719. The van der Waals surface area contributed by atoms with E-state index in [0.29, 0.717) is 5.25 Å². The van der Waals surface area contributed by atoms with Crippen molar-refractivity contribution in [1.29, 1.82) is 0 Å². The molecule has 2 nitrogen and oxygen atoms in total. The second kappa shape index (κ2) is 4.44. The molecule has 1 heterocycles. The highest BCUT2D eigenvalue weighted by molar-refractivity contribution is 7.80. The Kier molecular flexibility index (Phi) is 3.49. The van der Waals surface area contributed by atoms with E-state index in [4.69, 9.17) is 0 Å². The predicted molar refractivity (Wildman–Crippen MR) is 50.0 cm³/mol. The van der Waals surface area contributed by atoms with Crippen molar-refractivity contribution in [1.82, 2.24) is 9.97 Å². The van der Waals surface area contributed by atoms with Crippen LogP contribution in [0.4, 0.5) is 0 Å². The Morgan fingerprint density at radius 1 is 1.73 bits per heavy atom. The lowest BCUT2D eigenvalue weighted by Gasteiger charge is -2.04. The molecule has 0 aliphatic heterocycles. The number of nitrogens with one attached hydrogen (secondary N) is 1. The van der Waals surface area contributed by atoms with Crippen LogP contribution < -0.4 is 0 Å². The van der Waals surface area contributed by atoms with Crippen molar-refractivity contribution in [2.75, 3.05) is 0 Å². The number of hydrogen-bond donors (Lipinski definition) is 2. The molecule has 62 valence electrons. The van der Waals surface area contributed by atoms with E-state index in [9.17, 15) is 0 Å². The molecule has 1 N–H and O–H groups in total. The first-order valence-corrected chi connectivity index (χ1v) is 4.51. The smallest absolute Gasteiger partial charge is 0.106 e. The summed E-state index contributed by atoms with van der Waals surface area (Å²) < 4.78 is 0. The molecule has 0 aliphatic carbocycles. The number of aromatic nitrogens is 2. The van der Waals surface area contributed by atoms with E-state index in [1.807, 2.05) is 6.20 Å². The monoisotopic (exact) mass is 170 g/mol. The molecule has 0 saturated carbocycles. The van der Waals surface area contributed by atoms with Crippen molar-refractivity contribution in [2.45, 2.75) is 31.4 Å². The van der Waals surface area contributed by atoms with Crippen LogP contribution in [0.15, 0.2) is 12.4 Å². The maximum Gasteiger partial charge on any atom is 0.106 e. The summed E-state index contributed by atoms with van der Waals surface area (Å²) >= 11 is 4.40. The van der Waals surface area contributed by atoms with Crippen molar-refractivity contribution >= 4 is 12.6 Å².